The Morgan fingerprint density at radius 1 is 0.964 bits per heavy atom. The molecule has 4 nitrogen and oxygen atoms in total. The van der Waals surface area contributed by atoms with E-state index < -0.39 is 15.6 Å². The van der Waals surface area contributed by atoms with Gasteiger partial charge in [-0.2, -0.15) is 0 Å². The molecule has 0 aliphatic heterocycles. The van der Waals surface area contributed by atoms with E-state index in [1.54, 1.807) is 37.4 Å². The molecule has 0 radical (unpaired) electrons. The summed E-state index contributed by atoms with van der Waals surface area (Å²) in [5.74, 6) is 0.690. The molecule has 0 saturated heterocycles. The standard InChI is InChI=1S/C22H20ClNO3S/c1-15-14-18(16-10-6-4-7-11-16)20-21(27-3)19(15)22(20,2)24(23)28(25,26)17-12-8-5-9-13-17/h4-14H,1-3H3. The van der Waals surface area contributed by atoms with Gasteiger partial charge in [0.15, 0.2) is 0 Å². The van der Waals surface area contributed by atoms with Crippen molar-refractivity contribution >= 4 is 21.8 Å². The van der Waals surface area contributed by atoms with E-state index in [4.69, 9.17) is 16.5 Å². The van der Waals surface area contributed by atoms with Gasteiger partial charge in [0.2, 0.25) is 0 Å². The molecule has 28 heavy (non-hydrogen) atoms. The van der Waals surface area contributed by atoms with Gasteiger partial charge >= 0.3 is 0 Å². The summed E-state index contributed by atoms with van der Waals surface area (Å²) in [7, 11) is -2.31. The number of ether oxygens (including phenoxy) is 1. The summed E-state index contributed by atoms with van der Waals surface area (Å²) in [5, 5.41) is 0. The minimum absolute atomic E-state index is 0.152. The van der Waals surface area contributed by atoms with E-state index in [-0.39, 0.29) is 4.90 Å². The van der Waals surface area contributed by atoms with Crippen LogP contribution in [0.3, 0.4) is 0 Å². The van der Waals surface area contributed by atoms with Gasteiger partial charge in [-0.15, -0.1) is 0 Å². The summed E-state index contributed by atoms with van der Waals surface area (Å²) < 4.78 is 33.1. The Balaban J connectivity index is 1.91. The summed E-state index contributed by atoms with van der Waals surface area (Å²) in [5.41, 5.74) is 3.38. The largest absolute Gasteiger partial charge is 0.496 e. The first-order valence-corrected chi connectivity index (χ1v) is 10.7. The van der Waals surface area contributed by atoms with Crippen molar-refractivity contribution in [2.75, 3.05) is 7.11 Å². The Bertz CT molecular complexity index is 1150. The van der Waals surface area contributed by atoms with Gasteiger partial charge in [-0.3, -0.25) is 0 Å². The van der Waals surface area contributed by atoms with Gasteiger partial charge in [-0.05, 0) is 54.4 Å². The lowest BCUT2D eigenvalue weighted by atomic mass is 9.67. The molecule has 1 unspecified atom stereocenters. The fourth-order valence-corrected chi connectivity index (χ4v) is 5.85. The highest BCUT2D eigenvalue weighted by atomic mass is 35.5. The summed E-state index contributed by atoms with van der Waals surface area (Å²) in [6.45, 7) is 3.78. The van der Waals surface area contributed by atoms with Crippen molar-refractivity contribution in [3.8, 4) is 16.9 Å². The lowest BCUT2D eigenvalue weighted by Gasteiger charge is -2.48. The lowest BCUT2D eigenvalue weighted by Crippen LogP contribution is -2.49. The van der Waals surface area contributed by atoms with Gasteiger partial charge in [0.25, 0.3) is 10.0 Å². The molecule has 1 aliphatic carbocycles. The van der Waals surface area contributed by atoms with Crippen LogP contribution in [0.25, 0.3) is 11.1 Å². The van der Waals surface area contributed by atoms with Crippen LogP contribution in [0, 0.1) is 6.92 Å². The topological polar surface area (TPSA) is 46.6 Å². The van der Waals surface area contributed by atoms with Crippen LogP contribution in [-0.2, 0) is 15.6 Å². The average molecular weight is 414 g/mol. The van der Waals surface area contributed by atoms with Crippen LogP contribution in [0.5, 0.6) is 5.75 Å². The quantitative estimate of drug-likeness (QED) is 0.547. The first-order chi connectivity index (χ1) is 13.3. The number of hydrogen-bond acceptors (Lipinski definition) is 3. The Morgan fingerprint density at radius 3 is 2.11 bits per heavy atom. The zero-order valence-electron chi connectivity index (χ0n) is 15.8. The minimum Gasteiger partial charge on any atom is -0.496 e. The molecule has 2 bridgehead atoms. The van der Waals surface area contributed by atoms with Crippen LogP contribution in [-0.4, -0.2) is 19.4 Å². The molecule has 4 rings (SSSR count). The highest BCUT2D eigenvalue weighted by molar-refractivity contribution is 7.90. The van der Waals surface area contributed by atoms with Crippen LogP contribution < -0.4 is 4.74 Å². The van der Waals surface area contributed by atoms with Crippen molar-refractivity contribution in [2.45, 2.75) is 24.3 Å². The number of aryl methyl sites for hydroxylation is 1. The number of hydrogen-bond donors (Lipinski definition) is 0. The van der Waals surface area contributed by atoms with E-state index in [0.717, 1.165) is 31.6 Å². The molecule has 1 atom stereocenters. The SMILES string of the molecule is COc1c2c(C)cc(-c3ccccc3)c1C2(C)N(Cl)S(=O)(=O)c1ccccc1. The van der Waals surface area contributed by atoms with Gasteiger partial charge in [0.1, 0.15) is 11.3 Å². The van der Waals surface area contributed by atoms with E-state index in [0.29, 0.717) is 5.75 Å². The highest BCUT2D eigenvalue weighted by Gasteiger charge is 2.55. The minimum atomic E-state index is -3.91. The van der Waals surface area contributed by atoms with Crippen LogP contribution in [0.15, 0.2) is 71.6 Å². The predicted molar refractivity (Wildman–Crippen MR) is 111 cm³/mol. The number of sulfonamides is 1. The number of fused-ring (bicyclic) bond motifs is 2. The molecule has 144 valence electrons. The van der Waals surface area contributed by atoms with E-state index in [1.165, 1.54) is 0 Å². The third kappa shape index (κ3) is 2.50. The second-order valence-corrected chi connectivity index (χ2v) is 9.32. The maximum atomic E-state index is 13.2. The third-order valence-electron chi connectivity index (χ3n) is 5.34. The number of rotatable bonds is 5. The molecule has 1 aliphatic rings. The van der Waals surface area contributed by atoms with Gasteiger partial charge in [0, 0.05) is 11.1 Å². The molecule has 0 fully saturated rings. The van der Waals surface area contributed by atoms with Crippen LogP contribution in [0.1, 0.15) is 23.6 Å². The van der Waals surface area contributed by atoms with Crippen molar-refractivity contribution in [1.82, 2.24) is 3.82 Å². The van der Waals surface area contributed by atoms with Gasteiger partial charge in [-0.1, -0.05) is 58.4 Å². The van der Waals surface area contributed by atoms with E-state index in [1.807, 2.05) is 44.2 Å². The number of methoxy groups -OCH3 is 1. The van der Waals surface area contributed by atoms with Gasteiger partial charge < -0.3 is 4.74 Å². The molecular weight excluding hydrogens is 394 g/mol. The number of nitrogens with zero attached hydrogens (tertiary/aromatic N) is 1. The van der Waals surface area contributed by atoms with Crippen molar-refractivity contribution in [3.63, 3.8) is 0 Å². The molecule has 6 heteroatoms. The van der Waals surface area contributed by atoms with Crippen LogP contribution in [0.2, 0.25) is 0 Å². The van der Waals surface area contributed by atoms with Crippen molar-refractivity contribution in [3.05, 3.63) is 83.4 Å². The Kier molecular flexibility index (Phi) is 4.49. The lowest BCUT2D eigenvalue weighted by molar-refractivity contribution is 0.291. The molecule has 3 aromatic rings. The van der Waals surface area contributed by atoms with Crippen molar-refractivity contribution in [2.24, 2.45) is 0 Å². The Morgan fingerprint density at radius 2 is 1.54 bits per heavy atom. The summed E-state index contributed by atoms with van der Waals surface area (Å²) >= 11 is 6.59. The molecule has 0 spiro atoms. The van der Waals surface area contributed by atoms with E-state index >= 15 is 0 Å². The molecule has 0 aromatic heterocycles. The van der Waals surface area contributed by atoms with Gasteiger partial charge in [-0.25, -0.2) is 8.42 Å². The molecular formula is C22H20ClNO3S. The molecule has 3 aromatic carbocycles. The molecule has 0 amide bonds. The monoisotopic (exact) mass is 413 g/mol. The first kappa shape index (κ1) is 19.0. The van der Waals surface area contributed by atoms with Crippen molar-refractivity contribution in [1.29, 1.82) is 0 Å². The zero-order valence-corrected chi connectivity index (χ0v) is 17.4. The van der Waals surface area contributed by atoms with E-state index in [2.05, 4.69) is 6.07 Å². The fourth-order valence-electron chi connectivity index (χ4n) is 4.09. The van der Waals surface area contributed by atoms with Crippen LogP contribution >= 0.6 is 11.8 Å². The normalized spacial score (nSPS) is 18.0. The fraction of sp³-hybridized carbons (Fsp3) is 0.182. The van der Waals surface area contributed by atoms with Crippen molar-refractivity contribution < 1.29 is 13.2 Å². The maximum Gasteiger partial charge on any atom is 0.257 e. The second-order valence-electron chi connectivity index (χ2n) is 7.00. The van der Waals surface area contributed by atoms with E-state index in [9.17, 15) is 8.42 Å². The number of benzene rings is 3. The Hall–Kier alpha value is -2.34. The highest BCUT2D eigenvalue weighted by Crippen LogP contribution is 2.61. The summed E-state index contributed by atoms with van der Waals surface area (Å²) in [4.78, 5) is 0.152. The maximum absolute atomic E-state index is 13.2. The molecule has 0 saturated carbocycles. The average Bonchev–Trinajstić information content (AvgIpc) is 2.72. The van der Waals surface area contributed by atoms with Crippen LogP contribution in [0.4, 0.5) is 0 Å². The smallest absolute Gasteiger partial charge is 0.257 e. The first-order valence-electron chi connectivity index (χ1n) is 8.87. The second kappa shape index (κ2) is 6.62. The summed E-state index contributed by atoms with van der Waals surface area (Å²) in [6.07, 6.45) is 0. The molecule has 0 N–H and O–H groups in total. The number of halogens is 1. The van der Waals surface area contributed by atoms with Gasteiger partial charge in [0.05, 0.1) is 12.0 Å². The zero-order chi connectivity index (χ0) is 20.1. The molecule has 0 heterocycles. The Labute approximate surface area is 170 Å². The summed E-state index contributed by atoms with van der Waals surface area (Å²) in [6, 6.07) is 20.1. The predicted octanol–water partition coefficient (Wildman–Crippen LogP) is 5.09. The third-order valence-corrected chi connectivity index (χ3v) is 7.88.